The summed E-state index contributed by atoms with van der Waals surface area (Å²) in [7, 11) is 1.96. The Bertz CT molecular complexity index is 667. The first-order chi connectivity index (χ1) is 10.4. The van der Waals surface area contributed by atoms with Crippen LogP contribution in [0.25, 0.3) is 0 Å². The number of benzene rings is 1. The van der Waals surface area contributed by atoms with E-state index in [0.717, 1.165) is 5.69 Å². The van der Waals surface area contributed by atoms with Crippen LogP contribution in [0.5, 0.6) is 0 Å². The van der Waals surface area contributed by atoms with Crippen molar-refractivity contribution in [3.05, 3.63) is 52.3 Å². The van der Waals surface area contributed by atoms with Gasteiger partial charge in [-0.05, 0) is 38.1 Å². The summed E-state index contributed by atoms with van der Waals surface area (Å²) in [4.78, 5) is 14.3. The molecular formula is C16H19Cl2N3O. The molecule has 0 bridgehead atoms. The Balaban J connectivity index is 2.16. The van der Waals surface area contributed by atoms with E-state index in [1.54, 1.807) is 23.1 Å². The number of hydrogen-bond donors (Lipinski definition) is 1. The summed E-state index contributed by atoms with van der Waals surface area (Å²) in [6.45, 7) is 4.47. The highest BCUT2D eigenvalue weighted by Gasteiger charge is 2.19. The molecule has 0 aliphatic carbocycles. The highest BCUT2D eigenvalue weighted by atomic mass is 35.5. The van der Waals surface area contributed by atoms with Crippen LogP contribution < -0.4 is 5.32 Å². The van der Waals surface area contributed by atoms with E-state index < -0.39 is 0 Å². The number of nitrogens with one attached hydrogen (secondary N) is 1. The molecule has 0 aliphatic rings. The first-order valence-electron chi connectivity index (χ1n) is 7.02. The number of urea groups is 1. The van der Waals surface area contributed by atoms with E-state index in [-0.39, 0.29) is 12.1 Å². The molecule has 0 saturated carbocycles. The Morgan fingerprint density at radius 1 is 1.27 bits per heavy atom. The molecular weight excluding hydrogens is 321 g/mol. The molecule has 1 heterocycles. The molecule has 0 aliphatic heterocycles. The molecule has 0 atom stereocenters. The first kappa shape index (κ1) is 16.7. The van der Waals surface area contributed by atoms with E-state index in [1.165, 1.54) is 0 Å². The standard InChI is InChI=1S/C16H19Cl2N3O/c1-11(2)21(10-12-6-5-9-20(12)3)16(22)19-14-8-4-7-13(17)15(14)18/h4-9,11H,10H2,1-3H3,(H,19,22). The third-order valence-electron chi connectivity index (χ3n) is 3.46. The number of rotatable bonds is 4. The molecule has 2 aromatic rings. The number of anilines is 1. The maximum atomic E-state index is 12.6. The van der Waals surface area contributed by atoms with Crippen molar-refractivity contribution in [3.63, 3.8) is 0 Å². The zero-order valence-electron chi connectivity index (χ0n) is 12.8. The van der Waals surface area contributed by atoms with Crippen LogP contribution in [0.3, 0.4) is 0 Å². The minimum absolute atomic E-state index is 0.0489. The molecule has 1 N–H and O–H groups in total. The maximum absolute atomic E-state index is 12.6. The fourth-order valence-corrected chi connectivity index (χ4v) is 2.46. The molecule has 0 fully saturated rings. The second kappa shape index (κ2) is 7.07. The van der Waals surface area contributed by atoms with E-state index in [1.807, 2.05) is 43.8 Å². The van der Waals surface area contributed by atoms with Crippen molar-refractivity contribution in [1.29, 1.82) is 0 Å². The number of carbonyl (C=O) groups excluding carboxylic acids is 1. The third kappa shape index (κ3) is 3.76. The summed E-state index contributed by atoms with van der Waals surface area (Å²) in [5.74, 6) is 0. The van der Waals surface area contributed by atoms with Crippen molar-refractivity contribution in [2.75, 3.05) is 5.32 Å². The van der Waals surface area contributed by atoms with Crippen molar-refractivity contribution in [2.45, 2.75) is 26.4 Å². The van der Waals surface area contributed by atoms with Gasteiger partial charge in [0.1, 0.15) is 0 Å². The Hall–Kier alpha value is -1.65. The van der Waals surface area contributed by atoms with Gasteiger partial charge in [-0.15, -0.1) is 0 Å². The second-order valence-corrected chi connectivity index (χ2v) is 6.15. The Morgan fingerprint density at radius 3 is 2.59 bits per heavy atom. The van der Waals surface area contributed by atoms with E-state index in [2.05, 4.69) is 5.32 Å². The van der Waals surface area contributed by atoms with E-state index in [0.29, 0.717) is 22.3 Å². The van der Waals surface area contributed by atoms with Crippen molar-refractivity contribution in [1.82, 2.24) is 9.47 Å². The number of amides is 2. The summed E-state index contributed by atoms with van der Waals surface area (Å²) in [6, 6.07) is 8.96. The van der Waals surface area contributed by atoms with Gasteiger partial charge in [-0.3, -0.25) is 0 Å². The van der Waals surface area contributed by atoms with E-state index in [4.69, 9.17) is 23.2 Å². The van der Waals surface area contributed by atoms with Crippen LogP contribution in [0.2, 0.25) is 10.0 Å². The molecule has 2 amide bonds. The van der Waals surface area contributed by atoms with Crippen LogP contribution in [0, 0.1) is 0 Å². The van der Waals surface area contributed by atoms with Gasteiger partial charge in [0.25, 0.3) is 0 Å². The van der Waals surface area contributed by atoms with Crippen molar-refractivity contribution in [3.8, 4) is 0 Å². The van der Waals surface area contributed by atoms with Crippen molar-refractivity contribution < 1.29 is 4.79 Å². The number of hydrogen-bond acceptors (Lipinski definition) is 1. The van der Waals surface area contributed by atoms with Gasteiger partial charge in [-0.1, -0.05) is 29.3 Å². The quantitative estimate of drug-likeness (QED) is 0.855. The van der Waals surface area contributed by atoms with Gasteiger partial charge in [0.15, 0.2) is 0 Å². The monoisotopic (exact) mass is 339 g/mol. The summed E-state index contributed by atoms with van der Waals surface area (Å²) in [5.41, 5.74) is 1.57. The van der Waals surface area contributed by atoms with E-state index in [9.17, 15) is 4.79 Å². The highest BCUT2D eigenvalue weighted by Crippen LogP contribution is 2.29. The maximum Gasteiger partial charge on any atom is 0.322 e. The first-order valence-corrected chi connectivity index (χ1v) is 7.77. The van der Waals surface area contributed by atoms with Gasteiger partial charge in [-0.2, -0.15) is 0 Å². The number of carbonyl (C=O) groups is 1. The van der Waals surface area contributed by atoms with E-state index >= 15 is 0 Å². The normalized spacial score (nSPS) is 10.8. The summed E-state index contributed by atoms with van der Waals surface area (Å²) < 4.78 is 2.00. The predicted octanol–water partition coefficient (Wildman–Crippen LogP) is 4.77. The number of nitrogens with zero attached hydrogens (tertiary/aromatic N) is 2. The van der Waals surface area contributed by atoms with Crippen LogP contribution in [-0.2, 0) is 13.6 Å². The molecule has 0 spiro atoms. The second-order valence-electron chi connectivity index (χ2n) is 5.36. The minimum atomic E-state index is -0.208. The lowest BCUT2D eigenvalue weighted by Gasteiger charge is -2.27. The van der Waals surface area contributed by atoms with Gasteiger partial charge in [0.2, 0.25) is 0 Å². The fraction of sp³-hybridized carbons (Fsp3) is 0.312. The van der Waals surface area contributed by atoms with Gasteiger partial charge in [0.05, 0.1) is 22.3 Å². The molecule has 0 saturated heterocycles. The van der Waals surface area contributed by atoms with Crippen LogP contribution in [0.4, 0.5) is 10.5 Å². The molecule has 2 rings (SSSR count). The minimum Gasteiger partial charge on any atom is -0.353 e. The Kier molecular flexibility index (Phi) is 5.37. The van der Waals surface area contributed by atoms with Crippen LogP contribution >= 0.6 is 23.2 Å². The summed E-state index contributed by atoms with van der Waals surface area (Å²) in [5, 5.41) is 3.59. The number of aromatic nitrogens is 1. The molecule has 0 unspecified atom stereocenters. The lowest BCUT2D eigenvalue weighted by atomic mass is 10.3. The summed E-state index contributed by atoms with van der Waals surface area (Å²) >= 11 is 12.1. The van der Waals surface area contributed by atoms with Crippen LogP contribution in [0.1, 0.15) is 19.5 Å². The number of halogens is 2. The lowest BCUT2D eigenvalue weighted by Crippen LogP contribution is -2.40. The molecule has 1 aromatic carbocycles. The Morgan fingerprint density at radius 2 is 2.00 bits per heavy atom. The van der Waals surface area contributed by atoms with Crippen molar-refractivity contribution >= 4 is 34.9 Å². The average Bonchev–Trinajstić information content (AvgIpc) is 2.86. The third-order valence-corrected chi connectivity index (χ3v) is 4.28. The smallest absolute Gasteiger partial charge is 0.322 e. The molecule has 118 valence electrons. The lowest BCUT2D eigenvalue weighted by molar-refractivity contribution is 0.192. The zero-order valence-corrected chi connectivity index (χ0v) is 14.3. The molecule has 6 heteroatoms. The SMILES string of the molecule is CC(C)N(Cc1cccn1C)C(=O)Nc1cccc(Cl)c1Cl. The van der Waals surface area contributed by atoms with Gasteiger partial charge < -0.3 is 14.8 Å². The van der Waals surface area contributed by atoms with Gasteiger partial charge in [0, 0.05) is 25.0 Å². The van der Waals surface area contributed by atoms with Crippen LogP contribution in [0.15, 0.2) is 36.5 Å². The van der Waals surface area contributed by atoms with Gasteiger partial charge in [-0.25, -0.2) is 4.79 Å². The van der Waals surface area contributed by atoms with Gasteiger partial charge >= 0.3 is 6.03 Å². The molecule has 0 radical (unpaired) electrons. The topological polar surface area (TPSA) is 37.3 Å². The molecule has 22 heavy (non-hydrogen) atoms. The molecule has 1 aromatic heterocycles. The predicted molar refractivity (Wildman–Crippen MR) is 91.6 cm³/mol. The zero-order chi connectivity index (χ0) is 16.3. The molecule has 4 nitrogen and oxygen atoms in total. The van der Waals surface area contributed by atoms with Crippen LogP contribution in [-0.4, -0.2) is 21.5 Å². The number of aryl methyl sites for hydroxylation is 1. The largest absolute Gasteiger partial charge is 0.353 e. The fourth-order valence-electron chi connectivity index (χ4n) is 2.11. The average molecular weight is 340 g/mol. The summed E-state index contributed by atoms with van der Waals surface area (Å²) in [6.07, 6.45) is 1.96. The highest BCUT2D eigenvalue weighted by molar-refractivity contribution is 6.43. The van der Waals surface area contributed by atoms with Crippen molar-refractivity contribution in [2.24, 2.45) is 7.05 Å². The Labute approximate surface area is 140 Å².